The van der Waals surface area contributed by atoms with Crippen molar-refractivity contribution in [1.29, 1.82) is 0 Å². The smallest absolute Gasteiger partial charge is 0.322 e. The molecule has 0 aromatic heterocycles. The summed E-state index contributed by atoms with van der Waals surface area (Å²) in [5, 5.41) is 5.40. The Morgan fingerprint density at radius 1 is 1.50 bits per heavy atom. The monoisotopic (exact) mass is 249 g/mol. The van der Waals surface area contributed by atoms with E-state index in [1.54, 1.807) is 31.4 Å². The minimum absolute atomic E-state index is 0.0931. The summed E-state index contributed by atoms with van der Waals surface area (Å²) in [6.07, 6.45) is 0. The summed E-state index contributed by atoms with van der Waals surface area (Å²) in [5.41, 5.74) is 0.644. The molecule has 1 aromatic rings. The van der Waals surface area contributed by atoms with Gasteiger partial charge in [0.15, 0.2) is 0 Å². The van der Waals surface area contributed by atoms with Crippen molar-refractivity contribution in [1.82, 2.24) is 10.2 Å². The van der Waals surface area contributed by atoms with Gasteiger partial charge in [0.25, 0.3) is 0 Å². The fourth-order valence-electron chi connectivity index (χ4n) is 1.72. The predicted octanol–water partition coefficient (Wildman–Crippen LogP) is 0.659. The van der Waals surface area contributed by atoms with Crippen LogP contribution in [0.3, 0.4) is 0 Å². The average Bonchev–Trinajstić information content (AvgIpc) is 2.39. The molecule has 1 heterocycles. The number of ether oxygens (including phenoxy) is 1. The van der Waals surface area contributed by atoms with Crippen LogP contribution in [0.4, 0.5) is 10.5 Å². The van der Waals surface area contributed by atoms with Crippen molar-refractivity contribution in [3.63, 3.8) is 0 Å². The Hall–Kier alpha value is -2.24. The molecule has 3 amide bonds. The van der Waals surface area contributed by atoms with Crippen molar-refractivity contribution in [2.24, 2.45) is 0 Å². The molecule has 1 aromatic carbocycles. The molecule has 1 saturated heterocycles. The molecule has 1 aliphatic rings. The lowest BCUT2D eigenvalue weighted by atomic mass is 10.3. The van der Waals surface area contributed by atoms with Gasteiger partial charge < -0.3 is 20.3 Å². The van der Waals surface area contributed by atoms with E-state index >= 15 is 0 Å². The number of nitrogens with zero attached hydrogens (tertiary/aromatic N) is 1. The van der Waals surface area contributed by atoms with Crippen LogP contribution in [0.1, 0.15) is 0 Å². The van der Waals surface area contributed by atoms with Crippen LogP contribution in [-0.2, 0) is 4.79 Å². The topological polar surface area (TPSA) is 70.7 Å². The van der Waals surface area contributed by atoms with E-state index < -0.39 is 0 Å². The van der Waals surface area contributed by atoms with Crippen LogP contribution in [0.25, 0.3) is 0 Å². The first-order chi connectivity index (χ1) is 8.69. The van der Waals surface area contributed by atoms with Gasteiger partial charge in [-0.05, 0) is 12.1 Å². The van der Waals surface area contributed by atoms with E-state index in [1.165, 1.54) is 4.90 Å². The highest BCUT2D eigenvalue weighted by atomic mass is 16.5. The molecule has 0 bridgehead atoms. The minimum Gasteiger partial charge on any atom is -0.497 e. The summed E-state index contributed by atoms with van der Waals surface area (Å²) < 4.78 is 5.07. The molecule has 6 nitrogen and oxygen atoms in total. The average molecular weight is 249 g/mol. The number of hydrogen-bond acceptors (Lipinski definition) is 3. The van der Waals surface area contributed by atoms with E-state index in [0.29, 0.717) is 24.5 Å². The third-order valence-corrected chi connectivity index (χ3v) is 2.65. The van der Waals surface area contributed by atoms with Gasteiger partial charge in [-0.15, -0.1) is 0 Å². The quantitative estimate of drug-likeness (QED) is 0.808. The molecule has 96 valence electrons. The van der Waals surface area contributed by atoms with Crippen molar-refractivity contribution >= 4 is 17.6 Å². The first kappa shape index (κ1) is 12.2. The highest BCUT2D eigenvalue weighted by molar-refractivity contribution is 5.93. The molecule has 1 fully saturated rings. The number of urea groups is 1. The van der Waals surface area contributed by atoms with E-state index in [9.17, 15) is 9.59 Å². The molecular formula is C12H15N3O3. The van der Waals surface area contributed by atoms with E-state index in [-0.39, 0.29) is 18.5 Å². The van der Waals surface area contributed by atoms with Crippen molar-refractivity contribution in [2.75, 3.05) is 32.1 Å². The lowest BCUT2D eigenvalue weighted by Gasteiger charge is -2.26. The molecule has 2 N–H and O–H groups in total. The van der Waals surface area contributed by atoms with Gasteiger partial charge in [-0.1, -0.05) is 6.07 Å². The molecule has 0 atom stereocenters. The molecule has 1 aliphatic heterocycles. The summed E-state index contributed by atoms with van der Waals surface area (Å²) in [6.45, 7) is 1.10. The predicted molar refractivity (Wildman–Crippen MR) is 66.6 cm³/mol. The van der Waals surface area contributed by atoms with Crippen LogP contribution < -0.4 is 15.4 Å². The van der Waals surface area contributed by atoms with Crippen LogP contribution in [0.2, 0.25) is 0 Å². The molecule has 6 heteroatoms. The largest absolute Gasteiger partial charge is 0.497 e. The Labute approximate surface area is 105 Å². The number of piperazine rings is 1. The summed E-state index contributed by atoms with van der Waals surface area (Å²) in [6, 6.07) is 6.80. The van der Waals surface area contributed by atoms with Crippen LogP contribution in [0.15, 0.2) is 24.3 Å². The molecule has 0 unspecified atom stereocenters. The second-order valence-corrected chi connectivity index (χ2v) is 3.93. The summed E-state index contributed by atoms with van der Waals surface area (Å²) in [7, 11) is 1.57. The molecule has 0 aliphatic carbocycles. The third-order valence-electron chi connectivity index (χ3n) is 2.65. The summed E-state index contributed by atoms with van der Waals surface area (Å²) >= 11 is 0. The highest BCUT2D eigenvalue weighted by Crippen LogP contribution is 2.17. The fraction of sp³-hybridized carbons (Fsp3) is 0.333. The van der Waals surface area contributed by atoms with Crippen LogP contribution in [-0.4, -0.2) is 43.6 Å². The molecule has 0 saturated carbocycles. The third kappa shape index (κ3) is 2.91. The van der Waals surface area contributed by atoms with Gasteiger partial charge >= 0.3 is 6.03 Å². The second kappa shape index (κ2) is 5.39. The molecule has 0 spiro atoms. The highest BCUT2D eigenvalue weighted by Gasteiger charge is 2.20. The maximum Gasteiger partial charge on any atom is 0.322 e. The molecule has 0 radical (unpaired) electrons. The number of rotatable bonds is 2. The van der Waals surface area contributed by atoms with Gasteiger partial charge in [0.2, 0.25) is 5.91 Å². The van der Waals surface area contributed by atoms with Gasteiger partial charge in [-0.25, -0.2) is 4.79 Å². The van der Waals surface area contributed by atoms with E-state index in [1.807, 2.05) is 0 Å². The standard InChI is InChI=1S/C12H15N3O3/c1-18-10-4-2-3-9(7-10)14-12(17)15-6-5-13-11(16)8-15/h2-4,7H,5-6,8H2,1H3,(H,13,16)(H,14,17). The number of methoxy groups -OCH3 is 1. The first-order valence-corrected chi connectivity index (χ1v) is 5.66. The van der Waals surface area contributed by atoms with Crippen LogP contribution >= 0.6 is 0 Å². The summed E-state index contributed by atoms with van der Waals surface area (Å²) in [4.78, 5) is 24.6. The molecule has 18 heavy (non-hydrogen) atoms. The van der Waals surface area contributed by atoms with Crippen molar-refractivity contribution in [3.8, 4) is 5.75 Å². The zero-order valence-electron chi connectivity index (χ0n) is 10.1. The van der Waals surface area contributed by atoms with Gasteiger partial charge in [0.05, 0.1) is 7.11 Å². The summed E-state index contributed by atoms with van der Waals surface area (Å²) in [5.74, 6) is 0.534. The maximum atomic E-state index is 11.9. The number of nitrogens with one attached hydrogen (secondary N) is 2. The van der Waals surface area contributed by atoms with Crippen molar-refractivity contribution in [3.05, 3.63) is 24.3 Å². The first-order valence-electron chi connectivity index (χ1n) is 5.66. The number of benzene rings is 1. The Bertz CT molecular complexity index is 462. The maximum absolute atomic E-state index is 11.9. The van der Waals surface area contributed by atoms with Gasteiger partial charge in [-0.2, -0.15) is 0 Å². The van der Waals surface area contributed by atoms with Gasteiger partial charge in [0.1, 0.15) is 12.3 Å². The van der Waals surface area contributed by atoms with Gasteiger partial charge in [0, 0.05) is 24.8 Å². The zero-order valence-corrected chi connectivity index (χ0v) is 10.1. The normalized spacial score (nSPS) is 14.9. The second-order valence-electron chi connectivity index (χ2n) is 3.93. The SMILES string of the molecule is COc1cccc(NC(=O)N2CCNC(=O)C2)c1. The van der Waals surface area contributed by atoms with E-state index in [0.717, 1.165) is 0 Å². The lowest BCUT2D eigenvalue weighted by Crippen LogP contribution is -2.51. The lowest BCUT2D eigenvalue weighted by molar-refractivity contribution is -0.123. The fourth-order valence-corrected chi connectivity index (χ4v) is 1.72. The number of amides is 3. The number of carbonyl (C=O) groups is 2. The number of anilines is 1. The number of hydrogen-bond donors (Lipinski definition) is 2. The Kier molecular flexibility index (Phi) is 3.66. The van der Waals surface area contributed by atoms with Crippen molar-refractivity contribution < 1.29 is 14.3 Å². The van der Waals surface area contributed by atoms with Crippen LogP contribution in [0, 0.1) is 0 Å². The van der Waals surface area contributed by atoms with Crippen molar-refractivity contribution in [2.45, 2.75) is 0 Å². The van der Waals surface area contributed by atoms with E-state index in [2.05, 4.69) is 10.6 Å². The zero-order chi connectivity index (χ0) is 13.0. The van der Waals surface area contributed by atoms with Crippen LogP contribution in [0.5, 0.6) is 5.75 Å². The number of carbonyl (C=O) groups excluding carboxylic acids is 2. The van der Waals surface area contributed by atoms with E-state index in [4.69, 9.17) is 4.74 Å². The molecular weight excluding hydrogens is 234 g/mol. The Balaban J connectivity index is 1.99. The molecule has 2 rings (SSSR count). The Morgan fingerprint density at radius 3 is 3.06 bits per heavy atom. The Morgan fingerprint density at radius 2 is 2.33 bits per heavy atom. The van der Waals surface area contributed by atoms with Gasteiger partial charge in [-0.3, -0.25) is 4.79 Å². The minimum atomic E-state index is -0.280.